The largest absolute Gasteiger partial charge is 0.493 e. The molecule has 1 aromatic rings. The lowest BCUT2D eigenvalue weighted by Crippen LogP contribution is -2.41. The van der Waals surface area contributed by atoms with Crippen LogP contribution in [-0.2, 0) is 4.79 Å². The Balaban J connectivity index is 2.20. The Hall–Kier alpha value is -1.95. The average molecular weight is 266 g/mol. The van der Waals surface area contributed by atoms with Gasteiger partial charge >= 0.3 is 0 Å². The van der Waals surface area contributed by atoms with Gasteiger partial charge in [-0.1, -0.05) is 0 Å². The van der Waals surface area contributed by atoms with Crippen LogP contribution in [0.4, 0.5) is 4.39 Å². The average Bonchev–Trinajstić information content (AvgIpc) is 2.51. The zero-order valence-electron chi connectivity index (χ0n) is 10.3. The van der Waals surface area contributed by atoms with E-state index in [0.29, 0.717) is 12.2 Å². The molecule has 19 heavy (non-hydrogen) atoms. The van der Waals surface area contributed by atoms with E-state index in [-0.39, 0.29) is 36.8 Å². The van der Waals surface area contributed by atoms with Gasteiger partial charge in [0.05, 0.1) is 18.2 Å². The van der Waals surface area contributed by atoms with Gasteiger partial charge in [-0.15, -0.1) is 0 Å². The van der Waals surface area contributed by atoms with Gasteiger partial charge < -0.3 is 15.8 Å². The minimum absolute atomic E-state index is 0.153. The molecule has 0 radical (unpaired) electrons. The number of amides is 1. The van der Waals surface area contributed by atoms with Crippen LogP contribution in [0.5, 0.6) is 5.75 Å². The molecule has 1 atom stereocenters. The molecule has 3 N–H and O–H groups in total. The van der Waals surface area contributed by atoms with E-state index in [4.69, 9.17) is 10.5 Å². The number of benzene rings is 1. The second-order valence-corrected chi connectivity index (χ2v) is 4.30. The first kappa shape index (κ1) is 13.5. The molecular weight excluding hydrogens is 251 g/mol. The zero-order valence-corrected chi connectivity index (χ0v) is 10.3. The van der Waals surface area contributed by atoms with Crippen molar-refractivity contribution in [2.45, 2.75) is 18.9 Å². The van der Waals surface area contributed by atoms with Crippen LogP contribution in [0.1, 0.15) is 23.2 Å². The van der Waals surface area contributed by atoms with Crippen LogP contribution in [0.3, 0.4) is 0 Å². The van der Waals surface area contributed by atoms with Crippen molar-refractivity contribution < 1.29 is 18.7 Å². The Morgan fingerprint density at radius 3 is 3.05 bits per heavy atom. The van der Waals surface area contributed by atoms with Gasteiger partial charge in [-0.05, 0) is 18.2 Å². The van der Waals surface area contributed by atoms with Crippen molar-refractivity contribution in [1.29, 1.82) is 0 Å². The number of halogens is 1. The lowest BCUT2D eigenvalue weighted by Gasteiger charge is -2.14. The van der Waals surface area contributed by atoms with Gasteiger partial charge in [0.15, 0.2) is 5.78 Å². The van der Waals surface area contributed by atoms with E-state index in [1.165, 1.54) is 12.1 Å². The van der Waals surface area contributed by atoms with Crippen LogP contribution in [0.25, 0.3) is 0 Å². The first-order valence-corrected chi connectivity index (χ1v) is 6.08. The topological polar surface area (TPSA) is 81.4 Å². The maximum absolute atomic E-state index is 13.2. The van der Waals surface area contributed by atoms with Crippen molar-refractivity contribution >= 4 is 11.7 Å². The molecule has 0 aromatic heterocycles. The third kappa shape index (κ3) is 3.08. The maximum atomic E-state index is 13.2. The molecule has 2 rings (SSSR count). The predicted octanol–water partition coefficient (Wildman–Crippen LogP) is 0.624. The van der Waals surface area contributed by atoms with Crippen LogP contribution in [0.2, 0.25) is 0 Å². The number of ketones is 1. The first-order valence-electron chi connectivity index (χ1n) is 6.08. The Morgan fingerprint density at radius 2 is 2.32 bits per heavy atom. The Kier molecular flexibility index (Phi) is 4.11. The molecular formula is C13H15FN2O3. The highest BCUT2D eigenvalue weighted by molar-refractivity contribution is 6.04. The standard InChI is InChI=1S/C13H15FN2O3/c14-8-1-2-11-9(7-8)13(18)10(4-6-19-11)16-12(17)3-5-15/h1-2,7,10H,3-6,15H2,(H,16,17). The van der Waals surface area contributed by atoms with Crippen molar-refractivity contribution in [3.05, 3.63) is 29.6 Å². The molecule has 1 heterocycles. The van der Waals surface area contributed by atoms with Gasteiger partial charge in [0.25, 0.3) is 0 Å². The van der Waals surface area contributed by atoms with E-state index >= 15 is 0 Å². The number of nitrogens with one attached hydrogen (secondary N) is 1. The normalized spacial score (nSPS) is 18.2. The first-order chi connectivity index (χ1) is 9.11. The molecule has 6 heteroatoms. The molecule has 0 saturated heterocycles. The summed E-state index contributed by atoms with van der Waals surface area (Å²) in [5.74, 6) is -0.787. The summed E-state index contributed by atoms with van der Waals surface area (Å²) in [5.41, 5.74) is 5.44. The van der Waals surface area contributed by atoms with Gasteiger partial charge in [0.2, 0.25) is 5.91 Å². The monoisotopic (exact) mass is 266 g/mol. The summed E-state index contributed by atoms with van der Waals surface area (Å²) >= 11 is 0. The number of nitrogens with two attached hydrogens (primary N) is 1. The zero-order chi connectivity index (χ0) is 13.8. The molecule has 1 unspecified atom stereocenters. The quantitative estimate of drug-likeness (QED) is 0.840. The van der Waals surface area contributed by atoms with Crippen LogP contribution in [0, 0.1) is 5.82 Å². The molecule has 0 bridgehead atoms. The van der Waals surface area contributed by atoms with Crippen molar-refractivity contribution in [2.75, 3.05) is 13.2 Å². The number of fused-ring (bicyclic) bond motifs is 1. The van der Waals surface area contributed by atoms with Crippen LogP contribution >= 0.6 is 0 Å². The molecule has 1 amide bonds. The molecule has 102 valence electrons. The van der Waals surface area contributed by atoms with Gasteiger partial charge in [0, 0.05) is 19.4 Å². The van der Waals surface area contributed by atoms with Gasteiger partial charge in [-0.3, -0.25) is 9.59 Å². The highest BCUT2D eigenvalue weighted by Crippen LogP contribution is 2.25. The van der Waals surface area contributed by atoms with Crippen LogP contribution in [0.15, 0.2) is 18.2 Å². The van der Waals surface area contributed by atoms with E-state index < -0.39 is 11.9 Å². The summed E-state index contributed by atoms with van der Waals surface area (Å²) in [5, 5.41) is 2.60. The number of ether oxygens (including phenoxy) is 1. The third-order valence-electron chi connectivity index (χ3n) is 2.89. The minimum Gasteiger partial charge on any atom is -0.493 e. The predicted molar refractivity (Wildman–Crippen MR) is 66.4 cm³/mol. The molecule has 0 spiro atoms. The van der Waals surface area contributed by atoms with Crippen molar-refractivity contribution in [3.63, 3.8) is 0 Å². The fourth-order valence-corrected chi connectivity index (χ4v) is 1.96. The van der Waals surface area contributed by atoms with E-state index in [9.17, 15) is 14.0 Å². The van der Waals surface area contributed by atoms with E-state index in [0.717, 1.165) is 6.07 Å². The van der Waals surface area contributed by atoms with Gasteiger partial charge in [-0.25, -0.2) is 4.39 Å². The van der Waals surface area contributed by atoms with Crippen molar-refractivity contribution in [3.8, 4) is 5.75 Å². The Bertz CT molecular complexity index is 505. The number of hydrogen-bond acceptors (Lipinski definition) is 4. The molecule has 1 aromatic carbocycles. The van der Waals surface area contributed by atoms with Gasteiger partial charge in [-0.2, -0.15) is 0 Å². The second kappa shape index (κ2) is 5.79. The number of carbonyl (C=O) groups excluding carboxylic acids is 2. The van der Waals surface area contributed by atoms with Crippen LogP contribution < -0.4 is 15.8 Å². The fraction of sp³-hybridized carbons (Fsp3) is 0.385. The highest BCUT2D eigenvalue weighted by Gasteiger charge is 2.27. The maximum Gasteiger partial charge on any atom is 0.221 e. The number of Topliss-reactive ketones (excluding diaryl/α,β-unsaturated/α-hetero) is 1. The minimum atomic E-state index is -0.693. The number of rotatable bonds is 3. The lowest BCUT2D eigenvalue weighted by molar-refractivity contribution is -0.121. The molecule has 1 aliphatic rings. The summed E-state index contributed by atoms with van der Waals surface area (Å²) in [4.78, 5) is 23.7. The van der Waals surface area contributed by atoms with Gasteiger partial charge in [0.1, 0.15) is 11.6 Å². The van der Waals surface area contributed by atoms with Crippen LogP contribution in [-0.4, -0.2) is 30.9 Å². The second-order valence-electron chi connectivity index (χ2n) is 4.30. The highest BCUT2D eigenvalue weighted by atomic mass is 19.1. The summed E-state index contributed by atoms with van der Waals surface area (Å²) in [6.45, 7) is 0.506. The lowest BCUT2D eigenvalue weighted by atomic mass is 10.0. The van der Waals surface area contributed by atoms with Crippen molar-refractivity contribution in [2.24, 2.45) is 5.73 Å². The summed E-state index contributed by atoms with van der Waals surface area (Å²) < 4.78 is 18.6. The molecule has 1 aliphatic heterocycles. The molecule has 5 nitrogen and oxygen atoms in total. The number of carbonyl (C=O) groups is 2. The van der Waals surface area contributed by atoms with E-state index in [2.05, 4.69) is 5.32 Å². The smallest absolute Gasteiger partial charge is 0.221 e. The van der Waals surface area contributed by atoms with E-state index in [1.807, 2.05) is 0 Å². The van der Waals surface area contributed by atoms with E-state index in [1.54, 1.807) is 0 Å². The SMILES string of the molecule is NCCC(=O)NC1CCOc2ccc(F)cc2C1=O. The summed E-state index contributed by atoms with van der Waals surface area (Å²) in [6.07, 6.45) is 0.506. The molecule has 0 fully saturated rings. The molecule has 0 saturated carbocycles. The number of hydrogen-bond donors (Lipinski definition) is 2. The fourth-order valence-electron chi connectivity index (χ4n) is 1.96. The summed E-state index contributed by atoms with van der Waals surface area (Å²) in [7, 11) is 0. The van der Waals surface area contributed by atoms with Crippen molar-refractivity contribution in [1.82, 2.24) is 5.32 Å². The third-order valence-corrected chi connectivity index (χ3v) is 2.89. The molecule has 0 aliphatic carbocycles. The Morgan fingerprint density at radius 1 is 1.53 bits per heavy atom. The Labute approximate surface area is 109 Å². The summed E-state index contributed by atoms with van der Waals surface area (Å²) in [6, 6.07) is 3.10.